The quantitative estimate of drug-likeness (QED) is 0.746. The van der Waals surface area contributed by atoms with Crippen molar-refractivity contribution in [2.24, 2.45) is 23.0 Å². The molecule has 1 saturated carbocycles. The van der Waals surface area contributed by atoms with Crippen LogP contribution in [0.2, 0.25) is 0 Å². The van der Waals surface area contributed by atoms with E-state index in [9.17, 15) is 5.11 Å². The van der Waals surface area contributed by atoms with E-state index < -0.39 is 0 Å². The lowest BCUT2D eigenvalue weighted by Crippen LogP contribution is -2.35. The molecule has 0 aromatic heterocycles. The van der Waals surface area contributed by atoms with E-state index in [2.05, 4.69) is 18.7 Å². The number of fused-ring (bicyclic) bond motifs is 1. The average molecular weight is 256 g/mol. The van der Waals surface area contributed by atoms with Crippen molar-refractivity contribution >= 4 is 17.2 Å². The molecule has 3 atom stereocenters. The van der Waals surface area contributed by atoms with Crippen molar-refractivity contribution in [1.82, 2.24) is 4.90 Å². The Morgan fingerprint density at radius 3 is 2.71 bits per heavy atom. The second-order valence-corrected chi connectivity index (χ2v) is 6.77. The number of aliphatic hydroxyl groups is 1. The summed E-state index contributed by atoms with van der Waals surface area (Å²) in [5.41, 5.74) is 5.69. The van der Waals surface area contributed by atoms with Crippen molar-refractivity contribution in [2.45, 2.75) is 39.2 Å². The van der Waals surface area contributed by atoms with Gasteiger partial charge < -0.3 is 15.7 Å². The molecule has 2 aliphatic rings. The van der Waals surface area contributed by atoms with Gasteiger partial charge in [0.1, 0.15) is 0 Å². The molecule has 17 heavy (non-hydrogen) atoms. The highest BCUT2D eigenvalue weighted by molar-refractivity contribution is 7.80. The predicted octanol–water partition coefficient (Wildman–Crippen LogP) is 1.39. The van der Waals surface area contributed by atoms with E-state index in [0.717, 1.165) is 38.4 Å². The van der Waals surface area contributed by atoms with Crippen LogP contribution in [0, 0.1) is 17.3 Å². The smallest absolute Gasteiger partial charge is 0.0784 e. The first kappa shape index (κ1) is 13.2. The summed E-state index contributed by atoms with van der Waals surface area (Å²) in [4.78, 5) is 3.08. The van der Waals surface area contributed by atoms with Crippen molar-refractivity contribution in [1.29, 1.82) is 0 Å². The molecule has 3 nitrogen and oxygen atoms in total. The summed E-state index contributed by atoms with van der Waals surface area (Å²) in [6.07, 6.45) is 3.15. The minimum Gasteiger partial charge on any atom is -0.393 e. The fourth-order valence-corrected chi connectivity index (χ4v) is 3.17. The Balaban J connectivity index is 1.81. The van der Waals surface area contributed by atoms with Gasteiger partial charge in [-0.15, -0.1) is 0 Å². The highest BCUT2D eigenvalue weighted by Crippen LogP contribution is 2.38. The lowest BCUT2D eigenvalue weighted by Gasteiger charge is -2.26. The summed E-state index contributed by atoms with van der Waals surface area (Å²) < 4.78 is 0. The van der Waals surface area contributed by atoms with E-state index in [1.165, 1.54) is 6.42 Å². The Hall–Kier alpha value is -0.190. The van der Waals surface area contributed by atoms with E-state index in [4.69, 9.17) is 18.0 Å². The molecule has 3 N–H and O–H groups in total. The molecule has 0 spiro atoms. The molecule has 1 aliphatic carbocycles. The van der Waals surface area contributed by atoms with Gasteiger partial charge in [0.15, 0.2) is 0 Å². The van der Waals surface area contributed by atoms with Crippen molar-refractivity contribution in [3.63, 3.8) is 0 Å². The molecule has 0 amide bonds. The number of thiocarbonyl (C=S) groups is 1. The second kappa shape index (κ2) is 4.82. The Kier molecular flexibility index (Phi) is 3.76. The number of rotatable bonds is 4. The zero-order valence-electron chi connectivity index (χ0n) is 10.9. The van der Waals surface area contributed by atoms with Gasteiger partial charge in [0.2, 0.25) is 0 Å². The lowest BCUT2D eigenvalue weighted by molar-refractivity contribution is 0.123. The first-order chi connectivity index (χ1) is 7.90. The zero-order chi connectivity index (χ0) is 12.6. The third-order valence-electron chi connectivity index (χ3n) is 4.61. The van der Waals surface area contributed by atoms with Crippen molar-refractivity contribution < 1.29 is 5.11 Å². The van der Waals surface area contributed by atoms with E-state index in [0.29, 0.717) is 10.9 Å². The summed E-state index contributed by atoms with van der Waals surface area (Å²) in [7, 11) is 0. The Labute approximate surface area is 109 Å². The molecular weight excluding hydrogens is 232 g/mol. The van der Waals surface area contributed by atoms with Gasteiger partial charge in [0.05, 0.1) is 11.1 Å². The maximum absolute atomic E-state index is 9.87. The van der Waals surface area contributed by atoms with Gasteiger partial charge in [-0.1, -0.05) is 26.1 Å². The first-order valence-corrected chi connectivity index (χ1v) is 7.01. The van der Waals surface area contributed by atoms with E-state index in [-0.39, 0.29) is 11.5 Å². The fourth-order valence-electron chi connectivity index (χ4n) is 3.07. The van der Waals surface area contributed by atoms with Crippen LogP contribution >= 0.6 is 12.2 Å². The van der Waals surface area contributed by atoms with Crippen LogP contribution in [0.25, 0.3) is 0 Å². The normalized spacial score (nSPS) is 33.9. The zero-order valence-corrected chi connectivity index (χ0v) is 11.7. The van der Waals surface area contributed by atoms with Crippen LogP contribution in [0.4, 0.5) is 0 Å². The SMILES string of the molecule is CC(C)(CCN1CC2CCC(O)C2C1)C(N)=S. The molecule has 4 heteroatoms. The molecule has 98 valence electrons. The van der Waals surface area contributed by atoms with Gasteiger partial charge in [-0.05, 0) is 31.7 Å². The summed E-state index contributed by atoms with van der Waals surface area (Å²) in [6, 6.07) is 0. The molecule has 1 heterocycles. The predicted molar refractivity (Wildman–Crippen MR) is 73.8 cm³/mol. The lowest BCUT2D eigenvalue weighted by atomic mass is 9.89. The summed E-state index contributed by atoms with van der Waals surface area (Å²) in [5, 5.41) is 9.87. The third-order valence-corrected chi connectivity index (χ3v) is 5.17. The van der Waals surface area contributed by atoms with Crippen LogP contribution in [-0.4, -0.2) is 40.7 Å². The van der Waals surface area contributed by atoms with Crippen molar-refractivity contribution in [2.75, 3.05) is 19.6 Å². The van der Waals surface area contributed by atoms with Gasteiger partial charge >= 0.3 is 0 Å². The van der Waals surface area contributed by atoms with Gasteiger partial charge in [-0.3, -0.25) is 0 Å². The second-order valence-electron chi connectivity index (χ2n) is 6.33. The number of hydrogen-bond donors (Lipinski definition) is 2. The number of likely N-dealkylation sites (tertiary alicyclic amines) is 1. The maximum Gasteiger partial charge on any atom is 0.0784 e. The van der Waals surface area contributed by atoms with Crippen molar-refractivity contribution in [3.8, 4) is 0 Å². The van der Waals surface area contributed by atoms with E-state index in [1.807, 2.05) is 0 Å². The molecule has 3 unspecified atom stereocenters. The number of nitrogens with zero attached hydrogens (tertiary/aromatic N) is 1. The monoisotopic (exact) mass is 256 g/mol. The topological polar surface area (TPSA) is 49.5 Å². The Morgan fingerprint density at radius 2 is 2.12 bits per heavy atom. The van der Waals surface area contributed by atoms with E-state index in [1.54, 1.807) is 0 Å². The van der Waals surface area contributed by atoms with Crippen LogP contribution in [-0.2, 0) is 0 Å². The highest BCUT2D eigenvalue weighted by Gasteiger charge is 2.41. The molecule has 0 aromatic carbocycles. The highest BCUT2D eigenvalue weighted by atomic mass is 32.1. The molecule has 0 bridgehead atoms. The largest absolute Gasteiger partial charge is 0.393 e. The summed E-state index contributed by atoms with van der Waals surface area (Å²) in [6.45, 7) is 7.47. The molecule has 2 rings (SSSR count). The molecular formula is C13H24N2OS. The standard InChI is InChI=1S/C13H24N2OS/c1-13(2,12(14)17)5-6-15-7-9-3-4-11(16)10(9)8-15/h9-11,16H,3-8H2,1-2H3,(H2,14,17). The van der Waals surface area contributed by atoms with Gasteiger partial charge in [-0.25, -0.2) is 0 Å². The molecule has 2 fully saturated rings. The maximum atomic E-state index is 9.87. The van der Waals surface area contributed by atoms with Crippen molar-refractivity contribution in [3.05, 3.63) is 0 Å². The summed E-state index contributed by atoms with van der Waals surface area (Å²) >= 11 is 5.09. The number of aliphatic hydroxyl groups excluding tert-OH is 1. The van der Waals surface area contributed by atoms with Gasteiger partial charge in [0.25, 0.3) is 0 Å². The Bertz CT molecular complexity index is 306. The van der Waals surface area contributed by atoms with Crippen LogP contribution in [0.15, 0.2) is 0 Å². The first-order valence-electron chi connectivity index (χ1n) is 6.60. The third kappa shape index (κ3) is 2.80. The number of hydrogen-bond acceptors (Lipinski definition) is 3. The van der Waals surface area contributed by atoms with Crippen LogP contribution in [0.5, 0.6) is 0 Å². The van der Waals surface area contributed by atoms with E-state index >= 15 is 0 Å². The summed E-state index contributed by atoms with van der Waals surface area (Å²) in [5.74, 6) is 1.24. The molecule has 0 radical (unpaired) electrons. The Morgan fingerprint density at radius 1 is 1.41 bits per heavy atom. The minimum absolute atomic E-state index is 0.0500. The average Bonchev–Trinajstić information content (AvgIpc) is 2.78. The van der Waals surface area contributed by atoms with Crippen LogP contribution < -0.4 is 5.73 Å². The van der Waals surface area contributed by atoms with Gasteiger partial charge in [0, 0.05) is 24.4 Å². The minimum atomic E-state index is -0.0615. The van der Waals surface area contributed by atoms with Gasteiger partial charge in [-0.2, -0.15) is 0 Å². The van der Waals surface area contributed by atoms with Crippen LogP contribution in [0.3, 0.4) is 0 Å². The fraction of sp³-hybridized carbons (Fsp3) is 0.923. The van der Waals surface area contributed by atoms with Crippen LogP contribution in [0.1, 0.15) is 33.1 Å². The molecule has 0 aromatic rings. The number of nitrogens with two attached hydrogens (primary N) is 1. The molecule has 1 saturated heterocycles. The molecule has 1 aliphatic heterocycles.